The summed E-state index contributed by atoms with van der Waals surface area (Å²) < 4.78 is 5.21. The molecule has 1 N–H and O–H groups in total. The zero-order chi connectivity index (χ0) is 19.2. The first-order valence-electron chi connectivity index (χ1n) is 8.89. The summed E-state index contributed by atoms with van der Waals surface area (Å²) in [6, 6.07) is 18.0. The average Bonchev–Trinajstić information content (AvgIpc) is 2.69. The van der Waals surface area contributed by atoms with Crippen LogP contribution < -0.4 is 5.32 Å². The summed E-state index contributed by atoms with van der Waals surface area (Å²) in [6.45, 7) is 1.65. The van der Waals surface area contributed by atoms with Crippen LogP contribution in [0.2, 0.25) is 0 Å². The monoisotopic (exact) mass is 366 g/mol. The van der Waals surface area contributed by atoms with Gasteiger partial charge in [0, 0.05) is 0 Å². The fraction of sp³-hybridized carbons (Fsp3) is 0.286. The molecule has 0 bridgehead atoms. The van der Waals surface area contributed by atoms with Crippen LogP contribution in [-0.2, 0) is 25.7 Å². The first-order valence-corrected chi connectivity index (χ1v) is 8.89. The number of esters is 1. The Bertz CT molecular complexity index is 807. The highest BCUT2D eigenvalue weighted by atomic mass is 16.5. The summed E-state index contributed by atoms with van der Waals surface area (Å²) in [5, 5.41) is 2.60. The summed E-state index contributed by atoms with van der Waals surface area (Å²) in [6.07, 6.45) is 0.395. The van der Waals surface area contributed by atoms with Crippen LogP contribution in [0.5, 0.6) is 0 Å². The van der Waals surface area contributed by atoms with Gasteiger partial charge in [0.2, 0.25) is 11.8 Å². The van der Waals surface area contributed by atoms with E-state index in [1.54, 1.807) is 6.92 Å². The molecule has 1 aliphatic rings. The maximum Gasteiger partial charge on any atom is 0.328 e. The van der Waals surface area contributed by atoms with Crippen molar-refractivity contribution >= 4 is 17.8 Å². The van der Waals surface area contributed by atoms with E-state index in [4.69, 9.17) is 4.74 Å². The third kappa shape index (κ3) is 4.73. The van der Waals surface area contributed by atoms with Gasteiger partial charge in [-0.25, -0.2) is 4.79 Å². The van der Waals surface area contributed by atoms with E-state index in [2.05, 4.69) is 5.32 Å². The van der Waals surface area contributed by atoms with Gasteiger partial charge in [-0.1, -0.05) is 60.7 Å². The number of likely N-dealkylation sites (tertiary alicyclic amines) is 1. The Kier molecular flexibility index (Phi) is 5.86. The first kappa shape index (κ1) is 18.6. The normalized spacial score (nSPS) is 17.0. The van der Waals surface area contributed by atoms with Crippen LogP contribution in [-0.4, -0.2) is 35.3 Å². The number of hydrogen-bond donors (Lipinski definition) is 1. The Labute approximate surface area is 158 Å². The van der Waals surface area contributed by atoms with Crippen molar-refractivity contribution in [3.8, 4) is 0 Å². The van der Waals surface area contributed by atoms with Crippen molar-refractivity contribution in [2.75, 3.05) is 6.54 Å². The van der Waals surface area contributed by atoms with E-state index >= 15 is 0 Å². The van der Waals surface area contributed by atoms with E-state index in [-0.39, 0.29) is 31.0 Å². The van der Waals surface area contributed by atoms with E-state index < -0.39 is 12.0 Å². The van der Waals surface area contributed by atoms with Crippen LogP contribution in [0.15, 0.2) is 60.7 Å². The molecule has 1 fully saturated rings. The maximum atomic E-state index is 12.2. The van der Waals surface area contributed by atoms with Gasteiger partial charge in [-0.2, -0.15) is 0 Å². The fourth-order valence-electron chi connectivity index (χ4n) is 2.98. The van der Waals surface area contributed by atoms with Crippen molar-refractivity contribution in [3.63, 3.8) is 0 Å². The predicted octanol–water partition coefficient (Wildman–Crippen LogP) is 2.21. The molecule has 2 aromatic rings. The van der Waals surface area contributed by atoms with Crippen LogP contribution >= 0.6 is 0 Å². The molecule has 1 heterocycles. The zero-order valence-electron chi connectivity index (χ0n) is 15.1. The van der Waals surface area contributed by atoms with Crippen LogP contribution in [0.3, 0.4) is 0 Å². The number of benzene rings is 2. The number of rotatable bonds is 7. The lowest BCUT2D eigenvalue weighted by molar-refractivity contribution is -0.151. The molecule has 6 heteroatoms. The first-order chi connectivity index (χ1) is 13.0. The van der Waals surface area contributed by atoms with Gasteiger partial charge in [0.25, 0.3) is 0 Å². The molecular formula is C21H22N2O4. The Morgan fingerprint density at radius 1 is 1.11 bits per heavy atom. The van der Waals surface area contributed by atoms with E-state index in [9.17, 15) is 14.4 Å². The summed E-state index contributed by atoms with van der Waals surface area (Å²) in [5.41, 5.74) is 1.88. The molecule has 2 atom stereocenters. The number of nitrogens with one attached hydrogen (secondary N) is 1. The molecule has 3 rings (SSSR count). The van der Waals surface area contributed by atoms with Crippen molar-refractivity contribution in [3.05, 3.63) is 71.8 Å². The number of ether oxygens (including phenoxy) is 1. The lowest BCUT2D eigenvalue weighted by atomic mass is 9.94. The van der Waals surface area contributed by atoms with Crippen LogP contribution in [0.4, 0.5) is 0 Å². The second-order valence-corrected chi connectivity index (χ2v) is 6.53. The minimum atomic E-state index is -0.784. The fourth-order valence-corrected chi connectivity index (χ4v) is 2.98. The molecule has 6 nitrogen and oxygen atoms in total. The number of amides is 2. The van der Waals surface area contributed by atoms with E-state index in [1.807, 2.05) is 60.7 Å². The number of carbonyl (C=O) groups is 3. The number of nitrogens with zero attached hydrogens (tertiary/aromatic N) is 1. The van der Waals surface area contributed by atoms with Gasteiger partial charge >= 0.3 is 5.97 Å². The molecule has 1 unspecified atom stereocenters. The smallest absolute Gasteiger partial charge is 0.328 e. The summed E-state index contributed by atoms with van der Waals surface area (Å²) in [5.74, 6) is -0.965. The molecular weight excluding hydrogens is 344 g/mol. The SMILES string of the molecule is C[C@H](NC(=O)CN1C(=O)CC1c1ccccc1)C(=O)OCc1ccccc1. The van der Waals surface area contributed by atoms with Crippen molar-refractivity contribution in [2.24, 2.45) is 0 Å². The molecule has 0 radical (unpaired) electrons. The summed E-state index contributed by atoms with van der Waals surface area (Å²) in [4.78, 5) is 37.7. The van der Waals surface area contributed by atoms with Crippen molar-refractivity contribution in [1.82, 2.24) is 10.2 Å². The molecule has 0 aromatic heterocycles. The van der Waals surface area contributed by atoms with Crippen molar-refractivity contribution < 1.29 is 19.1 Å². The van der Waals surface area contributed by atoms with Gasteiger partial charge < -0.3 is 15.0 Å². The quantitative estimate of drug-likeness (QED) is 0.602. The van der Waals surface area contributed by atoms with Gasteiger partial charge in [-0.05, 0) is 18.1 Å². The number of carbonyl (C=O) groups excluding carboxylic acids is 3. The van der Waals surface area contributed by atoms with Gasteiger partial charge in [-0.15, -0.1) is 0 Å². The highest BCUT2D eigenvalue weighted by Gasteiger charge is 2.38. The second kappa shape index (κ2) is 8.49. The van der Waals surface area contributed by atoms with Crippen LogP contribution in [0.25, 0.3) is 0 Å². The Morgan fingerprint density at radius 2 is 1.74 bits per heavy atom. The van der Waals surface area contributed by atoms with E-state index in [1.165, 1.54) is 4.90 Å². The average molecular weight is 366 g/mol. The highest BCUT2D eigenvalue weighted by molar-refractivity contribution is 5.91. The molecule has 140 valence electrons. The largest absolute Gasteiger partial charge is 0.459 e. The standard InChI is InChI=1S/C21H22N2O4/c1-15(21(26)27-14-16-8-4-2-5-9-16)22-19(24)13-23-18(12-20(23)25)17-10-6-3-7-11-17/h2-11,15,18H,12-14H2,1H3,(H,22,24)/t15-,18?/m0/s1. The van der Waals surface area contributed by atoms with E-state index in [0.29, 0.717) is 6.42 Å². The molecule has 0 saturated carbocycles. The van der Waals surface area contributed by atoms with E-state index in [0.717, 1.165) is 11.1 Å². The van der Waals surface area contributed by atoms with Crippen molar-refractivity contribution in [2.45, 2.75) is 32.0 Å². The van der Waals surface area contributed by atoms with Gasteiger partial charge in [0.15, 0.2) is 0 Å². The Hall–Kier alpha value is -3.15. The Morgan fingerprint density at radius 3 is 2.37 bits per heavy atom. The molecule has 0 aliphatic carbocycles. The van der Waals surface area contributed by atoms with Crippen LogP contribution in [0.1, 0.15) is 30.5 Å². The highest BCUT2D eigenvalue weighted by Crippen LogP contribution is 2.33. The summed E-state index contributed by atoms with van der Waals surface area (Å²) in [7, 11) is 0. The number of β-lactam (4-membered cyclic amide) rings is 1. The molecule has 0 spiro atoms. The molecule has 2 aromatic carbocycles. The molecule has 2 amide bonds. The van der Waals surface area contributed by atoms with Gasteiger partial charge in [0.05, 0.1) is 12.5 Å². The third-order valence-corrected chi connectivity index (χ3v) is 4.52. The molecule has 1 saturated heterocycles. The minimum absolute atomic E-state index is 0.0710. The zero-order valence-corrected chi connectivity index (χ0v) is 15.1. The molecule has 27 heavy (non-hydrogen) atoms. The van der Waals surface area contributed by atoms with Gasteiger partial charge in [-0.3, -0.25) is 9.59 Å². The van der Waals surface area contributed by atoms with Crippen LogP contribution in [0, 0.1) is 0 Å². The number of hydrogen-bond acceptors (Lipinski definition) is 4. The maximum absolute atomic E-state index is 12.2. The van der Waals surface area contributed by atoms with Gasteiger partial charge in [0.1, 0.15) is 19.2 Å². The Balaban J connectivity index is 1.48. The lowest BCUT2D eigenvalue weighted by Gasteiger charge is -2.40. The second-order valence-electron chi connectivity index (χ2n) is 6.53. The predicted molar refractivity (Wildman–Crippen MR) is 99.4 cm³/mol. The topological polar surface area (TPSA) is 75.7 Å². The minimum Gasteiger partial charge on any atom is -0.459 e. The summed E-state index contributed by atoms with van der Waals surface area (Å²) >= 11 is 0. The third-order valence-electron chi connectivity index (χ3n) is 4.52. The van der Waals surface area contributed by atoms with Crippen molar-refractivity contribution in [1.29, 1.82) is 0 Å². The lowest BCUT2D eigenvalue weighted by Crippen LogP contribution is -2.52. The molecule has 1 aliphatic heterocycles.